The SMILES string of the molecule is COC(=O)Cc1ccc(NC(=C2C(=O)Nc3ccc([N+](=O)[O-])cc32)c2ccccc2)cc1. The first-order chi connectivity index (χ1) is 15.5. The van der Waals surface area contributed by atoms with E-state index in [1.165, 1.54) is 25.3 Å². The van der Waals surface area contributed by atoms with Crippen LogP contribution in [0.25, 0.3) is 11.3 Å². The Bertz CT molecular complexity index is 1230. The molecule has 160 valence electrons. The first-order valence-corrected chi connectivity index (χ1v) is 9.79. The molecule has 0 saturated carbocycles. The number of methoxy groups -OCH3 is 1. The number of hydrogen-bond acceptors (Lipinski definition) is 6. The summed E-state index contributed by atoms with van der Waals surface area (Å²) in [6, 6.07) is 20.7. The highest BCUT2D eigenvalue weighted by atomic mass is 16.6. The molecule has 1 aliphatic rings. The van der Waals surface area contributed by atoms with E-state index in [-0.39, 0.29) is 24.0 Å². The third kappa shape index (κ3) is 4.20. The molecule has 0 bridgehead atoms. The third-order valence-electron chi connectivity index (χ3n) is 5.07. The van der Waals surface area contributed by atoms with Crippen LogP contribution in [0, 0.1) is 10.1 Å². The van der Waals surface area contributed by atoms with E-state index in [1.54, 1.807) is 24.3 Å². The van der Waals surface area contributed by atoms with Gasteiger partial charge < -0.3 is 15.4 Å². The molecule has 1 amide bonds. The predicted molar refractivity (Wildman–Crippen MR) is 121 cm³/mol. The molecule has 3 aromatic rings. The van der Waals surface area contributed by atoms with Crippen molar-refractivity contribution in [2.75, 3.05) is 17.7 Å². The van der Waals surface area contributed by atoms with E-state index in [0.29, 0.717) is 28.2 Å². The molecule has 1 heterocycles. The van der Waals surface area contributed by atoms with Gasteiger partial charge in [0.05, 0.1) is 29.7 Å². The number of carbonyl (C=O) groups excluding carboxylic acids is 2. The largest absolute Gasteiger partial charge is 0.469 e. The zero-order chi connectivity index (χ0) is 22.7. The quantitative estimate of drug-likeness (QED) is 0.262. The van der Waals surface area contributed by atoms with E-state index in [0.717, 1.165) is 11.1 Å². The van der Waals surface area contributed by atoms with Gasteiger partial charge in [-0.3, -0.25) is 19.7 Å². The number of non-ortho nitro benzene ring substituents is 1. The number of hydrogen-bond donors (Lipinski definition) is 2. The van der Waals surface area contributed by atoms with Crippen molar-refractivity contribution in [1.29, 1.82) is 0 Å². The average Bonchev–Trinajstić information content (AvgIpc) is 3.13. The minimum atomic E-state index is -0.490. The standard InChI is InChI=1S/C24H19N3O5/c1-32-21(28)13-15-7-9-17(10-8-15)25-23(16-5-3-2-4-6-16)22-19-14-18(27(30)31)11-12-20(19)26-24(22)29/h2-12,14,25H,13H2,1H3,(H,26,29). The number of carbonyl (C=O) groups is 2. The fraction of sp³-hybridized carbons (Fsp3) is 0.0833. The van der Waals surface area contributed by atoms with Crippen molar-refractivity contribution < 1.29 is 19.2 Å². The molecule has 0 fully saturated rings. The highest BCUT2D eigenvalue weighted by Gasteiger charge is 2.30. The summed E-state index contributed by atoms with van der Waals surface area (Å²) in [6.07, 6.45) is 0.156. The molecular formula is C24H19N3O5. The summed E-state index contributed by atoms with van der Waals surface area (Å²) in [6.45, 7) is 0. The van der Waals surface area contributed by atoms with Gasteiger partial charge in [-0.05, 0) is 29.3 Å². The Morgan fingerprint density at radius 2 is 1.78 bits per heavy atom. The molecule has 8 nitrogen and oxygen atoms in total. The zero-order valence-electron chi connectivity index (χ0n) is 17.1. The topological polar surface area (TPSA) is 111 Å². The van der Waals surface area contributed by atoms with Gasteiger partial charge in [0.2, 0.25) is 0 Å². The number of amides is 1. The summed E-state index contributed by atoms with van der Waals surface area (Å²) in [5, 5.41) is 17.3. The summed E-state index contributed by atoms with van der Waals surface area (Å²) in [5.41, 5.74) is 3.93. The monoisotopic (exact) mass is 429 g/mol. The fourth-order valence-electron chi connectivity index (χ4n) is 3.49. The van der Waals surface area contributed by atoms with Crippen LogP contribution in [0.3, 0.4) is 0 Å². The van der Waals surface area contributed by atoms with Gasteiger partial charge >= 0.3 is 5.97 Å². The van der Waals surface area contributed by atoms with Gasteiger partial charge in [0.1, 0.15) is 0 Å². The maximum Gasteiger partial charge on any atom is 0.309 e. The number of benzene rings is 3. The van der Waals surface area contributed by atoms with Crippen LogP contribution in [0.15, 0.2) is 72.8 Å². The molecule has 0 saturated heterocycles. The van der Waals surface area contributed by atoms with Crippen LogP contribution in [0.2, 0.25) is 0 Å². The highest BCUT2D eigenvalue weighted by Crippen LogP contribution is 2.39. The Morgan fingerprint density at radius 1 is 1.06 bits per heavy atom. The lowest BCUT2D eigenvalue weighted by molar-refractivity contribution is -0.384. The van der Waals surface area contributed by atoms with E-state index in [1.807, 2.05) is 30.3 Å². The number of nitro groups is 1. The zero-order valence-corrected chi connectivity index (χ0v) is 17.1. The number of ether oxygens (including phenoxy) is 1. The van der Waals surface area contributed by atoms with Crippen LogP contribution in [0.1, 0.15) is 16.7 Å². The molecule has 0 atom stereocenters. The van der Waals surface area contributed by atoms with Crippen molar-refractivity contribution >= 4 is 40.2 Å². The molecule has 32 heavy (non-hydrogen) atoms. The summed E-state index contributed by atoms with van der Waals surface area (Å²) >= 11 is 0. The minimum Gasteiger partial charge on any atom is -0.469 e. The Morgan fingerprint density at radius 3 is 2.44 bits per heavy atom. The molecule has 0 aromatic heterocycles. The minimum absolute atomic E-state index is 0.0997. The van der Waals surface area contributed by atoms with Crippen molar-refractivity contribution in [2.45, 2.75) is 6.42 Å². The second kappa shape index (κ2) is 8.73. The van der Waals surface area contributed by atoms with Crippen molar-refractivity contribution in [3.63, 3.8) is 0 Å². The van der Waals surface area contributed by atoms with Crippen LogP contribution in [0.4, 0.5) is 17.1 Å². The summed E-state index contributed by atoms with van der Waals surface area (Å²) in [4.78, 5) is 35.2. The van der Waals surface area contributed by atoms with Crippen molar-refractivity contribution in [2.24, 2.45) is 0 Å². The maximum atomic E-state index is 12.9. The van der Waals surface area contributed by atoms with E-state index < -0.39 is 4.92 Å². The summed E-state index contributed by atoms with van der Waals surface area (Å²) in [5.74, 6) is -0.687. The second-order valence-electron chi connectivity index (χ2n) is 7.13. The Hall–Kier alpha value is -4.46. The van der Waals surface area contributed by atoms with Gasteiger partial charge in [-0.15, -0.1) is 0 Å². The van der Waals surface area contributed by atoms with Crippen LogP contribution in [-0.4, -0.2) is 23.9 Å². The van der Waals surface area contributed by atoms with E-state index in [2.05, 4.69) is 10.6 Å². The number of anilines is 2. The molecule has 0 radical (unpaired) electrons. The van der Waals surface area contributed by atoms with Crippen LogP contribution in [0.5, 0.6) is 0 Å². The van der Waals surface area contributed by atoms with Gasteiger partial charge in [0.15, 0.2) is 0 Å². The second-order valence-corrected chi connectivity index (χ2v) is 7.13. The van der Waals surface area contributed by atoms with Crippen molar-refractivity contribution in [1.82, 2.24) is 0 Å². The van der Waals surface area contributed by atoms with Crippen LogP contribution >= 0.6 is 0 Å². The van der Waals surface area contributed by atoms with E-state index in [9.17, 15) is 19.7 Å². The lowest BCUT2D eigenvalue weighted by Crippen LogP contribution is -2.10. The number of rotatable bonds is 6. The lowest BCUT2D eigenvalue weighted by Gasteiger charge is -2.15. The van der Waals surface area contributed by atoms with Gasteiger partial charge in [-0.2, -0.15) is 0 Å². The number of nitrogens with zero attached hydrogens (tertiary/aromatic N) is 1. The van der Waals surface area contributed by atoms with Gasteiger partial charge in [0, 0.05) is 29.1 Å². The fourth-order valence-corrected chi connectivity index (χ4v) is 3.49. The number of fused-ring (bicyclic) bond motifs is 1. The van der Waals surface area contributed by atoms with Crippen LogP contribution < -0.4 is 10.6 Å². The Kier molecular flexibility index (Phi) is 5.67. The molecule has 3 aromatic carbocycles. The molecule has 0 spiro atoms. The molecule has 8 heteroatoms. The average molecular weight is 429 g/mol. The molecule has 2 N–H and O–H groups in total. The number of esters is 1. The van der Waals surface area contributed by atoms with Crippen molar-refractivity contribution in [3.05, 3.63) is 99.6 Å². The smallest absolute Gasteiger partial charge is 0.309 e. The first kappa shape index (κ1) is 20.8. The molecular weight excluding hydrogens is 410 g/mol. The Balaban J connectivity index is 1.79. The van der Waals surface area contributed by atoms with Gasteiger partial charge in [0.25, 0.3) is 11.6 Å². The third-order valence-corrected chi connectivity index (χ3v) is 5.07. The van der Waals surface area contributed by atoms with Gasteiger partial charge in [-0.25, -0.2) is 0 Å². The Labute approximate surface area is 183 Å². The molecule has 4 rings (SSSR count). The van der Waals surface area contributed by atoms with E-state index in [4.69, 9.17) is 4.74 Å². The first-order valence-electron chi connectivity index (χ1n) is 9.79. The molecule has 0 aliphatic carbocycles. The highest BCUT2D eigenvalue weighted by molar-refractivity contribution is 6.37. The molecule has 1 aliphatic heterocycles. The maximum absolute atomic E-state index is 12.9. The summed E-state index contributed by atoms with van der Waals surface area (Å²) in [7, 11) is 1.34. The number of nitrogens with one attached hydrogen (secondary N) is 2. The summed E-state index contributed by atoms with van der Waals surface area (Å²) < 4.78 is 4.69. The predicted octanol–water partition coefficient (Wildman–Crippen LogP) is 4.24. The lowest BCUT2D eigenvalue weighted by atomic mass is 9.99. The van der Waals surface area contributed by atoms with Crippen molar-refractivity contribution in [3.8, 4) is 0 Å². The van der Waals surface area contributed by atoms with E-state index >= 15 is 0 Å². The molecule has 0 unspecified atom stereocenters. The normalized spacial score (nSPS) is 13.7. The number of nitro benzene ring substituents is 1. The van der Waals surface area contributed by atoms with Crippen LogP contribution in [-0.2, 0) is 20.7 Å². The van der Waals surface area contributed by atoms with Gasteiger partial charge in [-0.1, -0.05) is 42.5 Å².